The zero-order valence-corrected chi connectivity index (χ0v) is 7.36. The molecule has 0 aromatic carbocycles. The molecule has 0 aromatic heterocycles. The monoisotopic (exact) mass is 189 g/mol. The first-order chi connectivity index (χ1) is 6.08. The quantitative estimate of drug-likeness (QED) is 0.416. The second-order valence-corrected chi connectivity index (χ2v) is 3.35. The molecule has 0 aromatic rings. The van der Waals surface area contributed by atoms with Crippen molar-refractivity contribution in [2.45, 2.75) is 37.5 Å². The predicted molar refractivity (Wildman–Crippen MR) is 44.7 cm³/mol. The molecular weight excluding hydrogens is 174 g/mol. The van der Waals surface area contributed by atoms with Gasteiger partial charge in [-0.05, 0) is 19.3 Å². The highest BCUT2D eigenvalue weighted by atomic mass is 16.4. The summed E-state index contributed by atoms with van der Waals surface area (Å²) in [6.45, 7) is -0.252. The molecule has 5 nitrogen and oxygen atoms in total. The number of carbonyl (C=O) groups excluding carboxylic acids is 1. The van der Waals surface area contributed by atoms with E-state index in [9.17, 15) is 15.0 Å². The Bertz CT molecular complexity index is 197. The first kappa shape index (κ1) is 10.4. The Labute approximate surface area is 76.4 Å². The number of aliphatic hydroxyl groups excluding tert-OH is 2. The Hall–Kier alpha value is -0.650. The van der Waals surface area contributed by atoms with Gasteiger partial charge in [0.05, 0.1) is 6.61 Å². The van der Waals surface area contributed by atoms with Crippen molar-refractivity contribution in [1.29, 1.82) is 0 Å². The number of rotatable bonds is 3. The molecule has 2 atom stereocenters. The third-order valence-electron chi connectivity index (χ3n) is 2.28. The highest BCUT2D eigenvalue weighted by Gasteiger charge is 2.41. The Morgan fingerprint density at radius 2 is 2.31 bits per heavy atom. The fourth-order valence-corrected chi connectivity index (χ4v) is 1.52. The second-order valence-electron chi connectivity index (χ2n) is 3.35. The van der Waals surface area contributed by atoms with Gasteiger partial charge in [0.25, 0.3) is 0 Å². The van der Waals surface area contributed by atoms with Crippen LogP contribution in [0.5, 0.6) is 0 Å². The minimum absolute atomic E-state index is 0.0466. The fraction of sp³-hybridized carbons (Fsp3) is 0.875. The van der Waals surface area contributed by atoms with Gasteiger partial charge in [-0.3, -0.25) is 4.79 Å². The Morgan fingerprint density at radius 3 is 2.77 bits per heavy atom. The molecule has 1 fully saturated rings. The summed E-state index contributed by atoms with van der Waals surface area (Å²) in [5.74, 6) is -0.439. The van der Waals surface area contributed by atoms with Crippen molar-refractivity contribution >= 4 is 5.91 Å². The van der Waals surface area contributed by atoms with Gasteiger partial charge in [0, 0.05) is 6.42 Å². The average Bonchev–Trinajstić information content (AvgIpc) is 2.32. The molecule has 1 aliphatic rings. The molecule has 0 aliphatic heterocycles. The summed E-state index contributed by atoms with van der Waals surface area (Å²) in [5.41, 5.74) is -1.48. The molecule has 1 amide bonds. The second kappa shape index (κ2) is 4.04. The number of carbonyl (C=O) groups is 1. The molecule has 0 spiro atoms. The molecule has 1 saturated carbocycles. The molecule has 1 unspecified atom stereocenters. The lowest BCUT2D eigenvalue weighted by Gasteiger charge is -2.27. The van der Waals surface area contributed by atoms with Gasteiger partial charge < -0.3 is 20.6 Å². The third kappa shape index (κ3) is 2.40. The average molecular weight is 189 g/mol. The molecule has 5 heteroatoms. The van der Waals surface area contributed by atoms with Crippen LogP contribution in [0.1, 0.15) is 25.7 Å². The molecular formula is C8H15NO4. The number of nitrogens with one attached hydrogen (secondary N) is 1. The van der Waals surface area contributed by atoms with Crippen molar-refractivity contribution in [3.05, 3.63) is 0 Å². The van der Waals surface area contributed by atoms with Crippen LogP contribution in [0.25, 0.3) is 0 Å². The van der Waals surface area contributed by atoms with E-state index >= 15 is 0 Å². The van der Waals surface area contributed by atoms with Gasteiger partial charge in [-0.2, -0.15) is 0 Å². The van der Waals surface area contributed by atoms with E-state index in [4.69, 9.17) is 5.11 Å². The van der Waals surface area contributed by atoms with Crippen molar-refractivity contribution in [2.24, 2.45) is 0 Å². The summed E-state index contributed by atoms with van der Waals surface area (Å²) in [4.78, 5) is 11.0. The van der Waals surface area contributed by atoms with E-state index in [1.807, 2.05) is 0 Å². The smallest absolute Gasteiger partial charge is 0.224 e. The minimum atomic E-state index is -1.48. The summed E-state index contributed by atoms with van der Waals surface area (Å²) in [6, 6.07) is 0. The van der Waals surface area contributed by atoms with Crippen LogP contribution in [0, 0.1) is 0 Å². The molecule has 13 heavy (non-hydrogen) atoms. The lowest BCUT2D eigenvalue weighted by molar-refractivity contribution is -0.136. The van der Waals surface area contributed by atoms with Gasteiger partial charge >= 0.3 is 0 Å². The number of amides is 1. The molecule has 0 saturated heterocycles. The standard InChI is InChI=1S/C8H15NO4/c10-5-3-7(12)9-8(13)4-1-2-6(8)11/h6,10-11,13H,1-5H2,(H,9,12)/t6?,8-/m0/s1. The zero-order chi connectivity index (χ0) is 9.90. The van der Waals surface area contributed by atoms with Crippen molar-refractivity contribution < 1.29 is 20.1 Å². The Kier molecular flexibility index (Phi) is 3.24. The van der Waals surface area contributed by atoms with E-state index in [0.29, 0.717) is 19.3 Å². The topological polar surface area (TPSA) is 89.8 Å². The molecule has 4 N–H and O–H groups in total. The van der Waals surface area contributed by atoms with Crippen molar-refractivity contribution in [2.75, 3.05) is 6.61 Å². The van der Waals surface area contributed by atoms with E-state index in [-0.39, 0.29) is 13.0 Å². The zero-order valence-electron chi connectivity index (χ0n) is 7.36. The van der Waals surface area contributed by atoms with E-state index in [1.54, 1.807) is 0 Å². The molecule has 0 heterocycles. The molecule has 76 valence electrons. The summed E-state index contributed by atoms with van der Waals surface area (Å²) in [6.07, 6.45) is 0.614. The molecule has 1 aliphatic carbocycles. The number of hydrogen-bond acceptors (Lipinski definition) is 4. The predicted octanol–water partition coefficient (Wildman–Crippen LogP) is -1.28. The van der Waals surface area contributed by atoms with E-state index in [0.717, 1.165) is 0 Å². The van der Waals surface area contributed by atoms with Crippen LogP contribution in [0.15, 0.2) is 0 Å². The van der Waals surface area contributed by atoms with Gasteiger partial charge in [-0.25, -0.2) is 0 Å². The summed E-state index contributed by atoms with van der Waals surface area (Å²) < 4.78 is 0. The molecule has 0 bridgehead atoms. The van der Waals surface area contributed by atoms with Crippen molar-refractivity contribution in [3.8, 4) is 0 Å². The highest BCUT2D eigenvalue weighted by molar-refractivity contribution is 5.76. The Balaban J connectivity index is 2.46. The van der Waals surface area contributed by atoms with Gasteiger partial charge in [0.15, 0.2) is 5.72 Å². The third-order valence-corrected chi connectivity index (χ3v) is 2.28. The van der Waals surface area contributed by atoms with Crippen molar-refractivity contribution in [3.63, 3.8) is 0 Å². The van der Waals surface area contributed by atoms with E-state index < -0.39 is 17.7 Å². The van der Waals surface area contributed by atoms with Crippen LogP contribution in [0.4, 0.5) is 0 Å². The highest BCUT2D eigenvalue weighted by Crippen LogP contribution is 2.27. The van der Waals surface area contributed by atoms with E-state index in [1.165, 1.54) is 0 Å². The van der Waals surface area contributed by atoms with Crippen LogP contribution in [0.3, 0.4) is 0 Å². The maximum absolute atomic E-state index is 11.0. The largest absolute Gasteiger partial charge is 0.396 e. The maximum atomic E-state index is 11.0. The van der Waals surface area contributed by atoms with Crippen LogP contribution in [-0.2, 0) is 4.79 Å². The van der Waals surface area contributed by atoms with E-state index in [2.05, 4.69) is 5.32 Å². The van der Waals surface area contributed by atoms with Gasteiger partial charge in [-0.1, -0.05) is 0 Å². The fourth-order valence-electron chi connectivity index (χ4n) is 1.52. The van der Waals surface area contributed by atoms with Gasteiger partial charge in [-0.15, -0.1) is 0 Å². The van der Waals surface area contributed by atoms with Gasteiger partial charge in [0.2, 0.25) is 5.91 Å². The lowest BCUT2D eigenvalue weighted by Crippen LogP contribution is -2.53. The van der Waals surface area contributed by atoms with Gasteiger partial charge in [0.1, 0.15) is 6.10 Å². The molecule has 0 radical (unpaired) electrons. The number of aliphatic hydroxyl groups is 3. The summed E-state index contributed by atoms with van der Waals surface area (Å²) >= 11 is 0. The molecule has 1 rings (SSSR count). The summed E-state index contributed by atoms with van der Waals surface area (Å²) in [5, 5.41) is 29.8. The van der Waals surface area contributed by atoms with Crippen LogP contribution < -0.4 is 5.32 Å². The lowest BCUT2D eigenvalue weighted by atomic mass is 10.1. The van der Waals surface area contributed by atoms with Crippen molar-refractivity contribution in [1.82, 2.24) is 5.32 Å². The Morgan fingerprint density at radius 1 is 1.62 bits per heavy atom. The normalized spacial score (nSPS) is 33.3. The number of hydrogen-bond donors (Lipinski definition) is 4. The first-order valence-corrected chi connectivity index (χ1v) is 4.41. The summed E-state index contributed by atoms with van der Waals surface area (Å²) in [7, 11) is 0. The SMILES string of the molecule is O=C(CCO)N[C@]1(O)CCCC1O. The maximum Gasteiger partial charge on any atom is 0.224 e. The van der Waals surface area contributed by atoms with Crippen LogP contribution in [-0.4, -0.2) is 39.7 Å². The van der Waals surface area contributed by atoms with Crippen LogP contribution >= 0.6 is 0 Å². The van der Waals surface area contributed by atoms with Crippen LogP contribution in [0.2, 0.25) is 0 Å². The minimum Gasteiger partial charge on any atom is -0.396 e. The first-order valence-electron chi connectivity index (χ1n) is 4.41.